The van der Waals surface area contributed by atoms with Crippen LogP contribution in [0.3, 0.4) is 0 Å². The van der Waals surface area contributed by atoms with Crippen LogP contribution in [0.2, 0.25) is 5.02 Å². The lowest BCUT2D eigenvalue weighted by Gasteiger charge is -2.22. The van der Waals surface area contributed by atoms with Crippen molar-refractivity contribution in [3.63, 3.8) is 0 Å². The van der Waals surface area contributed by atoms with E-state index in [1.165, 1.54) is 0 Å². The molecule has 7 heteroatoms. The second-order valence-corrected chi connectivity index (χ2v) is 7.63. The molecule has 0 saturated carbocycles. The van der Waals surface area contributed by atoms with Gasteiger partial charge in [0.15, 0.2) is 0 Å². The van der Waals surface area contributed by atoms with E-state index >= 15 is 0 Å². The number of halogens is 1. The van der Waals surface area contributed by atoms with Gasteiger partial charge >= 0.3 is 0 Å². The lowest BCUT2D eigenvalue weighted by atomic mass is 10.0. The first-order valence-corrected chi connectivity index (χ1v) is 10.4. The van der Waals surface area contributed by atoms with Gasteiger partial charge in [0, 0.05) is 24.3 Å². The average molecular weight is 430 g/mol. The third-order valence-corrected chi connectivity index (χ3v) is 5.11. The first kappa shape index (κ1) is 23.4. The van der Waals surface area contributed by atoms with Gasteiger partial charge in [-0.2, -0.15) is 0 Å². The number of hydrogen-bond acceptors (Lipinski definition) is 3. The normalized spacial score (nSPS) is 11.7. The summed E-state index contributed by atoms with van der Waals surface area (Å²) in [5.41, 5.74) is 1.30. The Morgan fingerprint density at radius 2 is 1.67 bits per heavy atom. The summed E-state index contributed by atoms with van der Waals surface area (Å²) >= 11 is 6.09. The van der Waals surface area contributed by atoms with Crippen molar-refractivity contribution in [3.8, 4) is 0 Å². The molecule has 0 spiro atoms. The summed E-state index contributed by atoms with van der Waals surface area (Å²) < 4.78 is 0. The van der Waals surface area contributed by atoms with E-state index in [0.717, 1.165) is 0 Å². The fourth-order valence-electron chi connectivity index (χ4n) is 3.04. The number of anilines is 1. The molecule has 0 aliphatic rings. The Morgan fingerprint density at radius 3 is 2.27 bits per heavy atom. The molecule has 160 valence electrons. The maximum atomic E-state index is 12.9. The van der Waals surface area contributed by atoms with E-state index in [4.69, 9.17) is 11.6 Å². The van der Waals surface area contributed by atoms with Crippen LogP contribution in [0, 0.1) is 5.92 Å². The Morgan fingerprint density at radius 1 is 1.00 bits per heavy atom. The van der Waals surface area contributed by atoms with Crippen LogP contribution in [-0.4, -0.2) is 41.8 Å². The third-order valence-electron chi connectivity index (χ3n) is 4.78. The van der Waals surface area contributed by atoms with E-state index < -0.39 is 11.9 Å². The van der Waals surface area contributed by atoms with Crippen molar-refractivity contribution in [2.24, 2.45) is 5.92 Å². The molecule has 2 N–H and O–H groups in total. The maximum absolute atomic E-state index is 12.9. The van der Waals surface area contributed by atoms with Gasteiger partial charge < -0.3 is 15.5 Å². The molecule has 0 radical (unpaired) electrons. The monoisotopic (exact) mass is 429 g/mol. The summed E-state index contributed by atoms with van der Waals surface area (Å²) in [7, 11) is 0. The zero-order valence-electron chi connectivity index (χ0n) is 17.7. The quantitative estimate of drug-likeness (QED) is 0.659. The van der Waals surface area contributed by atoms with Gasteiger partial charge in [-0.25, -0.2) is 0 Å². The maximum Gasteiger partial charge on any atom is 0.253 e. The summed E-state index contributed by atoms with van der Waals surface area (Å²) in [6, 6.07) is 12.7. The molecule has 0 aliphatic carbocycles. The van der Waals surface area contributed by atoms with Gasteiger partial charge in [0.1, 0.15) is 6.04 Å². The van der Waals surface area contributed by atoms with Crippen LogP contribution in [0.15, 0.2) is 48.5 Å². The van der Waals surface area contributed by atoms with Gasteiger partial charge in [-0.15, -0.1) is 0 Å². The summed E-state index contributed by atoms with van der Waals surface area (Å²) in [5.74, 6) is -1.03. The second kappa shape index (κ2) is 10.8. The van der Waals surface area contributed by atoms with E-state index in [2.05, 4.69) is 10.6 Å². The Balaban J connectivity index is 2.16. The van der Waals surface area contributed by atoms with Crippen molar-refractivity contribution >= 4 is 35.0 Å². The number of carbonyl (C=O) groups excluding carboxylic acids is 3. The van der Waals surface area contributed by atoms with Crippen LogP contribution < -0.4 is 10.6 Å². The minimum atomic E-state index is -0.768. The topological polar surface area (TPSA) is 78.5 Å². The third kappa shape index (κ3) is 5.83. The molecule has 0 aliphatic heterocycles. The predicted molar refractivity (Wildman–Crippen MR) is 120 cm³/mol. The molecule has 2 aromatic carbocycles. The fraction of sp³-hybridized carbons (Fsp3) is 0.348. The van der Waals surface area contributed by atoms with Crippen molar-refractivity contribution in [1.29, 1.82) is 0 Å². The van der Waals surface area contributed by atoms with Crippen LogP contribution in [0.5, 0.6) is 0 Å². The summed E-state index contributed by atoms with van der Waals surface area (Å²) in [6.45, 7) is 8.74. The first-order chi connectivity index (χ1) is 14.3. The Bertz CT molecular complexity index is 910. The summed E-state index contributed by atoms with van der Waals surface area (Å²) in [4.78, 5) is 39.8. The highest BCUT2D eigenvalue weighted by Gasteiger charge is 2.26. The van der Waals surface area contributed by atoms with Gasteiger partial charge in [-0.05, 0) is 50.1 Å². The van der Waals surface area contributed by atoms with Crippen LogP contribution in [-0.2, 0) is 4.79 Å². The molecule has 0 saturated heterocycles. The predicted octanol–water partition coefficient (Wildman–Crippen LogP) is 4.22. The van der Waals surface area contributed by atoms with Crippen molar-refractivity contribution in [3.05, 3.63) is 64.7 Å². The standard InChI is InChI=1S/C23H28ClN3O3/c1-5-27(6-2)23(30)16-10-9-11-17(14-16)25-22(29)20(15(3)4)26-21(28)18-12-7-8-13-19(18)24/h7-15,20H,5-6H2,1-4H3,(H,25,29)(H,26,28). The van der Waals surface area contributed by atoms with Gasteiger partial charge in [-0.3, -0.25) is 14.4 Å². The largest absolute Gasteiger partial charge is 0.340 e. The number of nitrogens with one attached hydrogen (secondary N) is 2. The molecule has 1 atom stereocenters. The lowest BCUT2D eigenvalue weighted by molar-refractivity contribution is -0.118. The van der Waals surface area contributed by atoms with E-state index in [1.807, 2.05) is 27.7 Å². The molecule has 0 bridgehead atoms. The number of hydrogen-bond donors (Lipinski definition) is 2. The molecular weight excluding hydrogens is 402 g/mol. The van der Waals surface area contributed by atoms with Crippen molar-refractivity contribution in [2.75, 3.05) is 18.4 Å². The van der Waals surface area contributed by atoms with Crippen LogP contribution in [0.1, 0.15) is 48.4 Å². The van der Waals surface area contributed by atoms with Crippen LogP contribution in [0.4, 0.5) is 5.69 Å². The second-order valence-electron chi connectivity index (χ2n) is 7.22. The molecule has 0 aromatic heterocycles. The summed E-state index contributed by atoms with van der Waals surface area (Å²) in [5, 5.41) is 5.88. The Hall–Kier alpha value is -2.86. The molecule has 30 heavy (non-hydrogen) atoms. The van der Waals surface area contributed by atoms with Gasteiger partial charge in [-0.1, -0.05) is 43.6 Å². The number of amides is 3. The Kier molecular flexibility index (Phi) is 8.42. The zero-order chi connectivity index (χ0) is 22.3. The molecule has 2 aromatic rings. The van der Waals surface area contributed by atoms with Gasteiger partial charge in [0.05, 0.1) is 10.6 Å². The highest BCUT2D eigenvalue weighted by Crippen LogP contribution is 2.17. The van der Waals surface area contributed by atoms with Crippen LogP contribution in [0.25, 0.3) is 0 Å². The van der Waals surface area contributed by atoms with E-state index in [1.54, 1.807) is 53.4 Å². The lowest BCUT2D eigenvalue weighted by Crippen LogP contribution is -2.47. The fourth-order valence-corrected chi connectivity index (χ4v) is 3.26. The Labute approximate surface area is 182 Å². The van der Waals surface area contributed by atoms with Crippen molar-refractivity contribution in [1.82, 2.24) is 10.2 Å². The molecule has 6 nitrogen and oxygen atoms in total. The van der Waals surface area contributed by atoms with Gasteiger partial charge in [0.2, 0.25) is 5.91 Å². The molecule has 2 rings (SSSR count). The van der Waals surface area contributed by atoms with Crippen LogP contribution >= 0.6 is 11.6 Å². The average Bonchev–Trinajstić information content (AvgIpc) is 2.72. The number of rotatable bonds is 8. The highest BCUT2D eigenvalue weighted by atomic mass is 35.5. The van der Waals surface area contributed by atoms with E-state index in [0.29, 0.717) is 34.9 Å². The van der Waals surface area contributed by atoms with E-state index in [-0.39, 0.29) is 17.7 Å². The SMILES string of the molecule is CCN(CC)C(=O)c1cccc(NC(=O)C(NC(=O)c2ccccc2Cl)C(C)C)c1. The molecule has 1 unspecified atom stereocenters. The number of nitrogens with zero attached hydrogens (tertiary/aromatic N) is 1. The summed E-state index contributed by atoms with van der Waals surface area (Å²) in [6.07, 6.45) is 0. The van der Waals surface area contributed by atoms with Gasteiger partial charge in [0.25, 0.3) is 11.8 Å². The van der Waals surface area contributed by atoms with Crippen molar-refractivity contribution < 1.29 is 14.4 Å². The van der Waals surface area contributed by atoms with Crippen molar-refractivity contribution in [2.45, 2.75) is 33.7 Å². The number of carbonyl (C=O) groups is 3. The minimum Gasteiger partial charge on any atom is -0.340 e. The molecule has 0 heterocycles. The minimum absolute atomic E-state index is 0.0940. The van der Waals surface area contributed by atoms with E-state index in [9.17, 15) is 14.4 Å². The first-order valence-electron chi connectivity index (χ1n) is 10.0. The molecule has 3 amide bonds. The smallest absolute Gasteiger partial charge is 0.253 e. The highest BCUT2D eigenvalue weighted by molar-refractivity contribution is 6.33. The molecule has 0 fully saturated rings. The zero-order valence-corrected chi connectivity index (χ0v) is 18.5. The number of benzene rings is 2. The molecular formula is C23H28ClN3O3.